The van der Waals surface area contributed by atoms with E-state index in [-0.39, 0.29) is 0 Å². The number of anilines is 3. The van der Waals surface area contributed by atoms with Crippen LogP contribution in [0.1, 0.15) is 40.5 Å². The number of nitrogens with zero attached hydrogens (tertiary/aromatic N) is 5. The minimum Gasteiger partial charge on any atom is -0.357 e. The van der Waals surface area contributed by atoms with Gasteiger partial charge in [-0.25, -0.2) is 0 Å². The molecule has 0 saturated carbocycles. The van der Waals surface area contributed by atoms with Crippen molar-refractivity contribution in [3.8, 4) is 0 Å². The molecule has 0 aliphatic heterocycles. The third-order valence-electron chi connectivity index (χ3n) is 3.33. The van der Waals surface area contributed by atoms with Gasteiger partial charge in [0.15, 0.2) is 0 Å². The lowest BCUT2D eigenvalue weighted by molar-refractivity contribution is 0.707. The Morgan fingerprint density at radius 1 is 0.850 bits per heavy atom. The largest absolute Gasteiger partial charge is 0.357 e. The molecule has 0 aromatic carbocycles. The normalized spacial score (nSPS) is 10.4. The van der Waals surface area contributed by atoms with Crippen LogP contribution in [0.15, 0.2) is 0 Å². The van der Waals surface area contributed by atoms with E-state index in [0.717, 1.165) is 44.5 Å². The zero-order valence-corrected chi connectivity index (χ0v) is 13.5. The fraction of sp³-hybridized carbons (Fsp3) is 0.786. The van der Waals surface area contributed by atoms with Crippen LogP contribution in [0.3, 0.4) is 0 Å². The number of rotatable bonds is 9. The zero-order chi connectivity index (χ0) is 15.0. The highest BCUT2D eigenvalue weighted by molar-refractivity contribution is 5.44. The summed E-state index contributed by atoms with van der Waals surface area (Å²) in [5.41, 5.74) is 0. The van der Waals surface area contributed by atoms with Gasteiger partial charge in [0.2, 0.25) is 17.8 Å². The number of aromatic nitrogens is 3. The van der Waals surface area contributed by atoms with Crippen LogP contribution in [0.5, 0.6) is 0 Å². The molecule has 1 aromatic heterocycles. The predicted octanol–water partition coefficient (Wildman–Crippen LogP) is 2.39. The molecule has 0 unspecified atom stereocenters. The van der Waals surface area contributed by atoms with E-state index in [0.29, 0.717) is 5.95 Å². The summed E-state index contributed by atoms with van der Waals surface area (Å²) >= 11 is 0. The fourth-order valence-electron chi connectivity index (χ4n) is 2.00. The van der Waals surface area contributed by atoms with Crippen molar-refractivity contribution in [2.45, 2.75) is 40.5 Å². The summed E-state index contributed by atoms with van der Waals surface area (Å²) in [4.78, 5) is 17.9. The zero-order valence-electron chi connectivity index (χ0n) is 13.5. The van der Waals surface area contributed by atoms with Gasteiger partial charge in [-0.05, 0) is 27.2 Å². The highest BCUT2D eigenvalue weighted by atomic mass is 15.4. The molecule has 114 valence electrons. The van der Waals surface area contributed by atoms with Crippen LogP contribution in [0.2, 0.25) is 0 Å². The number of hydrogen-bond acceptors (Lipinski definition) is 6. The monoisotopic (exact) mass is 280 g/mol. The maximum absolute atomic E-state index is 4.64. The van der Waals surface area contributed by atoms with Gasteiger partial charge in [-0.2, -0.15) is 15.0 Å². The summed E-state index contributed by atoms with van der Waals surface area (Å²) < 4.78 is 0. The highest BCUT2D eigenvalue weighted by Gasteiger charge is 2.14. The Morgan fingerprint density at radius 2 is 1.40 bits per heavy atom. The Morgan fingerprint density at radius 3 is 1.85 bits per heavy atom. The highest BCUT2D eigenvalue weighted by Crippen LogP contribution is 2.16. The van der Waals surface area contributed by atoms with E-state index < -0.39 is 0 Å². The van der Waals surface area contributed by atoms with Crippen molar-refractivity contribution in [3.05, 3.63) is 0 Å². The van der Waals surface area contributed by atoms with E-state index in [9.17, 15) is 0 Å². The van der Waals surface area contributed by atoms with Gasteiger partial charge in [0, 0.05) is 33.2 Å². The minimum absolute atomic E-state index is 0.631. The van der Waals surface area contributed by atoms with E-state index in [4.69, 9.17) is 0 Å². The molecule has 1 aromatic rings. The number of unbranched alkanes of at least 4 members (excludes halogenated alkanes) is 1. The van der Waals surface area contributed by atoms with Crippen LogP contribution < -0.4 is 15.1 Å². The van der Waals surface area contributed by atoms with Crippen molar-refractivity contribution in [1.82, 2.24) is 15.0 Å². The Kier molecular flexibility index (Phi) is 7.04. The average Bonchev–Trinajstić information content (AvgIpc) is 2.49. The van der Waals surface area contributed by atoms with Crippen molar-refractivity contribution in [1.29, 1.82) is 0 Å². The van der Waals surface area contributed by atoms with Gasteiger partial charge in [-0.3, -0.25) is 0 Å². The lowest BCUT2D eigenvalue weighted by Crippen LogP contribution is -2.29. The Balaban J connectivity index is 3.07. The predicted molar refractivity (Wildman–Crippen MR) is 85.7 cm³/mol. The third-order valence-corrected chi connectivity index (χ3v) is 3.33. The van der Waals surface area contributed by atoms with Crippen LogP contribution in [0.4, 0.5) is 17.8 Å². The lowest BCUT2D eigenvalue weighted by atomic mass is 10.3. The standard InChI is InChI=1S/C14H28N6/c1-6-10-11-20(9-4)14-17-12(15-5)16-13(18-14)19(7-2)8-3/h6-11H2,1-5H3,(H,15,16,17,18). The molecule has 0 spiro atoms. The number of nitrogens with one attached hydrogen (secondary N) is 1. The first kappa shape index (κ1) is 16.5. The van der Waals surface area contributed by atoms with Crippen molar-refractivity contribution in [2.75, 3.05) is 48.3 Å². The van der Waals surface area contributed by atoms with Crippen LogP contribution in [-0.2, 0) is 0 Å². The van der Waals surface area contributed by atoms with Crippen LogP contribution in [-0.4, -0.2) is 48.2 Å². The molecule has 0 aliphatic rings. The van der Waals surface area contributed by atoms with Gasteiger partial charge in [-0.1, -0.05) is 13.3 Å². The van der Waals surface area contributed by atoms with Gasteiger partial charge in [-0.15, -0.1) is 0 Å². The second-order valence-electron chi connectivity index (χ2n) is 4.61. The van der Waals surface area contributed by atoms with Crippen molar-refractivity contribution in [3.63, 3.8) is 0 Å². The summed E-state index contributed by atoms with van der Waals surface area (Å²) in [7, 11) is 1.84. The second-order valence-corrected chi connectivity index (χ2v) is 4.61. The summed E-state index contributed by atoms with van der Waals surface area (Å²) in [6, 6.07) is 0. The summed E-state index contributed by atoms with van der Waals surface area (Å²) in [5.74, 6) is 2.15. The molecule has 0 amide bonds. The van der Waals surface area contributed by atoms with Gasteiger partial charge in [0.25, 0.3) is 0 Å². The van der Waals surface area contributed by atoms with E-state index >= 15 is 0 Å². The lowest BCUT2D eigenvalue weighted by Gasteiger charge is -2.24. The molecule has 1 rings (SSSR count). The summed E-state index contributed by atoms with van der Waals surface area (Å²) in [5, 5.41) is 3.03. The summed E-state index contributed by atoms with van der Waals surface area (Å²) in [6.07, 6.45) is 2.32. The fourth-order valence-corrected chi connectivity index (χ4v) is 2.00. The van der Waals surface area contributed by atoms with Crippen molar-refractivity contribution in [2.24, 2.45) is 0 Å². The van der Waals surface area contributed by atoms with E-state index in [1.54, 1.807) is 0 Å². The Hall–Kier alpha value is -1.59. The van der Waals surface area contributed by atoms with E-state index in [2.05, 4.69) is 57.8 Å². The SMILES string of the molecule is CCCCN(CC)c1nc(NC)nc(N(CC)CC)n1. The summed E-state index contributed by atoms with van der Waals surface area (Å²) in [6.45, 7) is 12.2. The molecular weight excluding hydrogens is 252 g/mol. The molecule has 0 radical (unpaired) electrons. The molecule has 0 bridgehead atoms. The van der Waals surface area contributed by atoms with Crippen LogP contribution >= 0.6 is 0 Å². The third kappa shape index (κ3) is 4.21. The molecule has 6 nitrogen and oxygen atoms in total. The van der Waals surface area contributed by atoms with Crippen molar-refractivity contribution < 1.29 is 0 Å². The molecule has 0 atom stereocenters. The Bertz CT molecular complexity index is 391. The smallest absolute Gasteiger partial charge is 0.231 e. The molecule has 1 N–H and O–H groups in total. The first-order chi connectivity index (χ1) is 9.69. The van der Waals surface area contributed by atoms with Gasteiger partial charge >= 0.3 is 0 Å². The molecule has 0 saturated heterocycles. The molecular formula is C14H28N6. The van der Waals surface area contributed by atoms with Gasteiger partial charge < -0.3 is 15.1 Å². The minimum atomic E-state index is 0.631. The number of hydrogen-bond donors (Lipinski definition) is 1. The molecule has 0 aliphatic carbocycles. The molecule has 6 heteroatoms. The van der Waals surface area contributed by atoms with Gasteiger partial charge in [0.1, 0.15) is 0 Å². The van der Waals surface area contributed by atoms with Crippen LogP contribution in [0, 0.1) is 0 Å². The molecule has 0 fully saturated rings. The molecule has 20 heavy (non-hydrogen) atoms. The maximum Gasteiger partial charge on any atom is 0.231 e. The topological polar surface area (TPSA) is 57.2 Å². The maximum atomic E-state index is 4.64. The Labute approximate surface area is 122 Å². The van der Waals surface area contributed by atoms with E-state index in [1.165, 1.54) is 6.42 Å². The van der Waals surface area contributed by atoms with Gasteiger partial charge in [0.05, 0.1) is 0 Å². The average molecular weight is 280 g/mol. The van der Waals surface area contributed by atoms with E-state index in [1.807, 2.05) is 7.05 Å². The molecule has 1 heterocycles. The van der Waals surface area contributed by atoms with Crippen LogP contribution in [0.25, 0.3) is 0 Å². The first-order valence-corrected chi connectivity index (χ1v) is 7.63. The first-order valence-electron chi connectivity index (χ1n) is 7.63. The quantitative estimate of drug-likeness (QED) is 0.749. The van der Waals surface area contributed by atoms with Crippen molar-refractivity contribution >= 4 is 17.8 Å². The second kappa shape index (κ2) is 8.55.